The number of nitriles is 1. The van der Waals surface area contributed by atoms with Crippen LogP contribution in [0.25, 0.3) is 0 Å². The number of anilines is 1. The third-order valence-corrected chi connectivity index (χ3v) is 5.66. The van der Waals surface area contributed by atoms with Gasteiger partial charge in [-0.2, -0.15) is 5.26 Å². The summed E-state index contributed by atoms with van der Waals surface area (Å²) in [5, 5.41) is 9.13. The largest absolute Gasteiger partial charge is 0.356 e. The van der Waals surface area contributed by atoms with Gasteiger partial charge in [-0.15, -0.1) is 0 Å². The van der Waals surface area contributed by atoms with Gasteiger partial charge < -0.3 is 9.80 Å². The van der Waals surface area contributed by atoms with E-state index in [0.717, 1.165) is 50.4 Å². The van der Waals surface area contributed by atoms with Crippen molar-refractivity contribution in [2.45, 2.75) is 32.2 Å². The molecule has 0 radical (unpaired) electrons. The van der Waals surface area contributed by atoms with Crippen LogP contribution in [0.4, 0.5) is 5.82 Å². The number of carbonyl (C=O) groups is 1. The Labute approximate surface area is 159 Å². The number of piperidine rings is 2. The van der Waals surface area contributed by atoms with E-state index in [-0.39, 0.29) is 11.3 Å². The molecule has 0 unspecified atom stereocenters. The molecular weight excluding hydrogens is 338 g/mol. The number of amides is 1. The molecule has 2 aliphatic rings. The maximum Gasteiger partial charge on any atom is 0.222 e. The van der Waals surface area contributed by atoms with E-state index in [4.69, 9.17) is 5.26 Å². The van der Waals surface area contributed by atoms with Crippen LogP contribution in [-0.2, 0) is 11.3 Å². The highest BCUT2D eigenvalue weighted by Crippen LogP contribution is 2.40. The summed E-state index contributed by atoms with van der Waals surface area (Å²) >= 11 is 0. The molecule has 2 aliphatic heterocycles. The van der Waals surface area contributed by atoms with Crippen molar-refractivity contribution in [3.05, 3.63) is 54.0 Å². The number of carbonyl (C=O) groups excluding carboxylic acids is 1. The van der Waals surface area contributed by atoms with Gasteiger partial charge in [0.1, 0.15) is 17.6 Å². The van der Waals surface area contributed by atoms with E-state index in [1.165, 1.54) is 0 Å². The molecule has 0 saturated carbocycles. The number of likely N-dealkylation sites (tertiary alicyclic amines) is 1. The molecule has 2 saturated heterocycles. The van der Waals surface area contributed by atoms with Crippen LogP contribution in [0.5, 0.6) is 0 Å². The molecule has 0 N–H and O–H groups in total. The van der Waals surface area contributed by atoms with Gasteiger partial charge in [0.25, 0.3) is 0 Å². The Bertz CT molecular complexity index is 862. The molecule has 2 fully saturated rings. The zero-order chi connectivity index (χ0) is 18.7. The second kappa shape index (κ2) is 7.36. The molecule has 138 valence electrons. The maximum atomic E-state index is 12.5. The van der Waals surface area contributed by atoms with E-state index in [1.54, 1.807) is 12.3 Å². The summed E-state index contributed by atoms with van der Waals surface area (Å²) in [5.74, 6) is 1.08. The summed E-state index contributed by atoms with van der Waals surface area (Å²) in [6.45, 7) is 3.15. The van der Waals surface area contributed by atoms with Gasteiger partial charge in [0.15, 0.2) is 0 Å². The second-order valence-electron chi connectivity index (χ2n) is 7.59. The summed E-state index contributed by atoms with van der Waals surface area (Å²) in [6.07, 6.45) is 5.47. The lowest BCUT2D eigenvalue weighted by atomic mass is 9.73. The predicted molar refractivity (Wildman–Crippen MR) is 102 cm³/mol. The molecular formula is C21H23N5O. The lowest BCUT2D eigenvalue weighted by Gasteiger charge is -2.48. The molecule has 4 rings (SSSR count). The maximum absolute atomic E-state index is 12.5. The fraction of sp³-hybridized carbons (Fsp3) is 0.429. The average molecular weight is 361 g/mol. The first-order valence-corrected chi connectivity index (χ1v) is 9.47. The smallest absolute Gasteiger partial charge is 0.222 e. The van der Waals surface area contributed by atoms with Crippen molar-refractivity contribution in [1.29, 1.82) is 5.26 Å². The summed E-state index contributed by atoms with van der Waals surface area (Å²) in [5.41, 5.74) is 1.47. The Morgan fingerprint density at radius 1 is 1.15 bits per heavy atom. The van der Waals surface area contributed by atoms with E-state index in [2.05, 4.69) is 20.9 Å². The van der Waals surface area contributed by atoms with Crippen molar-refractivity contribution < 1.29 is 4.79 Å². The number of hydrogen-bond acceptors (Lipinski definition) is 5. The quantitative estimate of drug-likeness (QED) is 0.840. The Kier molecular flexibility index (Phi) is 4.76. The SMILES string of the molecule is N#Cc1cccc(N2CCC[C@]3(CCC(=O)N(Cc4ccccn4)C3)C2)n1. The number of pyridine rings is 2. The summed E-state index contributed by atoms with van der Waals surface area (Å²) < 4.78 is 0. The Hall–Kier alpha value is -2.94. The molecule has 2 aromatic rings. The molecule has 1 atom stereocenters. The lowest BCUT2D eigenvalue weighted by molar-refractivity contribution is -0.138. The van der Waals surface area contributed by atoms with Crippen molar-refractivity contribution in [2.24, 2.45) is 5.41 Å². The minimum atomic E-state index is 0.0886. The van der Waals surface area contributed by atoms with Crippen LogP contribution < -0.4 is 4.90 Å². The number of aromatic nitrogens is 2. The Balaban J connectivity index is 1.51. The van der Waals surface area contributed by atoms with Crippen LogP contribution in [-0.4, -0.2) is 40.4 Å². The standard InChI is InChI=1S/C21H23N5O/c22-13-17-6-3-7-19(24-17)25-12-4-9-21(15-25)10-8-20(27)26(16-21)14-18-5-1-2-11-23-18/h1-3,5-7,11H,4,8-10,12,14-16H2/t21-/m0/s1. The average Bonchev–Trinajstić information content (AvgIpc) is 2.72. The number of hydrogen-bond donors (Lipinski definition) is 0. The molecule has 0 aromatic carbocycles. The monoisotopic (exact) mass is 361 g/mol. The number of nitrogens with zero attached hydrogens (tertiary/aromatic N) is 5. The Morgan fingerprint density at radius 3 is 2.89 bits per heavy atom. The molecule has 0 bridgehead atoms. The van der Waals surface area contributed by atoms with Crippen molar-refractivity contribution in [3.8, 4) is 6.07 Å². The zero-order valence-corrected chi connectivity index (χ0v) is 15.3. The lowest BCUT2D eigenvalue weighted by Crippen LogP contribution is -2.54. The normalized spacial score (nSPS) is 22.7. The van der Waals surface area contributed by atoms with E-state index in [9.17, 15) is 4.79 Å². The summed E-state index contributed by atoms with van der Waals surface area (Å²) in [7, 11) is 0. The molecule has 0 aliphatic carbocycles. The van der Waals surface area contributed by atoms with Crippen LogP contribution in [0.1, 0.15) is 37.1 Å². The van der Waals surface area contributed by atoms with Crippen LogP contribution in [0.2, 0.25) is 0 Å². The van der Waals surface area contributed by atoms with Gasteiger partial charge in [0.05, 0.1) is 12.2 Å². The highest BCUT2D eigenvalue weighted by molar-refractivity contribution is 5.77. The molecule has 4 heterocycles. The predicted octanol–water partition coefficient (Wildman–Crippen LogP) is 2.76. The van der Waals surface area contributed by atoms with Gasteiger partial charge in [0.2, 0.25) is 5.91 Å². The van der Waals surface area contributed by atoms with Crippen LogP contribution >= 0.6 is 0 Å². The molecule has 6 heteroatoms. The second-order valence-corrected chi connectivity index (χ2v) is 7.59. The molecule has 6 nitrogen and oxygen atoms in total. The van der Waals surface area contributed by atoms with Gasteiger partial charge in [-0.1, -0.05) is 12.1 Å². The highest BCUT2D eigenvalue weighted by atomic mass is 16.2. The molecule has 1 amide bonds. The van der Waals surface area contributed by atoms with Crippen LogP contribution in [0.3, 0.4) is 0 Å². The highest BCUT2D eigenvalue weighted by Gasteiger charge is 2.42. The third kappa shape index (κ3) is 3.77. The Morgan fingerprint density at radius 2 is 2.07 bits per heavy atom. The van der Waals surface area contributed by atoms with Gasteiger partial charge in [-0.3, -0.25) is 9.78 Å². The first kappa shape index (κ1) is 17.5. The summed E-state index contributed by atoms with van der Waals surface area (Å²) in [6, 6.07) is 13.5. The van der Waals surface area contributed by atoms with Crippen molar-refractivity contribution >= 4 is 11.7 Å². The molecule has 2 aromatic heterocycles. The van der Waals surface area contributed by atoms with Gasteiger partial charge in [-0.05, 0) is 43.5 Å². The third-order valence-electron chi connectivity index (χ3n) is 5.66. The van der Waals surface area contributed by atoms with Crippen molar-refractivity contribution in [3.63, 3.8) is 0 Å². The van der Waals surface area contributed by atoms with E-state index >= 15 is 0 Å². The number of rotatable bonds is 3. The molecule has 1 spiro atoms. The van der Waals surface area contributed by atoms with E-state index in [0.29, 0.717) is 18.7 Å². The fourth-order valence-corrected chi connectivity index (χ4v) is 4.33. The topological polar surface area (TPSA) is 73.1 Å². The first-order chi connectivity index (χ1) is 13.2. The minimum absolute atomic E-state index is 0.0886. The van der Waals surface area contributed by atoms with Gasteiger partial charge in [-0.25, -0.2) is 4.98 Å². The van der Waals surface area contributed by atoms with Crippen molar-refractivity contribution in [1.82, 2.24) is 14.9 Å². The summed E-state index contributed by atoms with van der Waals surface area (Å²) in [4.78, 5) is 25.6. The van der Waals surface area contributed by atoms with Crippen LogP contribution in [0, 0.1) is 16.7 Å². The minimum Gasteiger partial charge on any atom is -0.356 e. The fourth-order valence-electron chi connectivity index (χ4n) is 4.33. The van der Waals surface area contributed by atoms with Gasteiger partial charge in [0, 0.05) is 37.7 Å². The van der Waals surface area contributed by atoms with E-state index < -0.39 is 0 Å². The van der Waals surface area contributed by atoms with E-state index in [1.807, 2.05) is 35.2 Å². The van der Waals surface area contributed by atoms with Crippen LogP contribution in [0.15, 0.2) is 42.6 Å². The molecule has 27 heavy (non-hydrogen) atoms. The van der Waals surface area contributed by atoms with Gasteiger partial charge >= 0.3 is 0 Å². The zero-order valence-electron chi connectivity index (χ0n) is 15.3. The van der Waals surface area contributed by atoms with Crippen molar-refractivity contribution in [2.75, 3.05) is 24.5 Å². The first-order valence-electron chi connectivity index (χ1n) is 9.47.